The molecule has 0 unspecified atom stereocenters. The van der Waals surface area contributed by atoms with Gasteiger partial charge in [0.05, 0.1) is 23.8 Å². The predicted molar refractivity (Wildman–Crippen MR) is 91.4 cm³/mol. The van der Waals surface area contributed by atoms with Gasteiger partial charge < -0.3 is 14.4 Å². The highest BCUT2D eigenvalue weighted by Crippen LogP contribution is 2.41. The number of nitrogens with zero attached hydrogens (tertiary/aromatic N) is 2. The lowest BCUT2D eigenvalue weighted by molar-refractivity contribution is -0.137. The number of aromatic nitrogens is 2. The lowest BCUT2D eigenvalue weighted by atomic mass is 10.0. The fourth-order valence-electron chi connectivity index (χ4n) is 3.57. The first-order valence-electron chi connectivity index (χ1n) is 8.05. The molecule has 1 aliphatic rings. The van der Waals surface area contributed by atoms with Gasteiger partial charge in [-0.1, -0.05) is 24.3 Å². The summed E-state index contributed by atoms with van der Waals surface area (Å²) < 4.78 is 7.56. The van der Waals surface area contributed by atoms with Crippen molar-refractivity contribution < 1.29 is 14.6 Å². The third-order valence-electron chi connectivity index (χ3n) is 4.61. The lowest BCUT2D eigenvalue weighted by Crippen LogP contribution is -1.97. The minimum Gasteiger partial charge on any atom is -0.481 e. The summed E-state index contributed by atoms with van der Waals surface area (Å²) in [6, 6.07) is 12.3. The summed E-state index contributed by atoms with van der Waals surface area (Å²) in [7, 11) is 1.61. The smallest absolute Gasteiger partial charge is 0.303 e. The maximum atomic E-state index is 10.9. The van der Waals surface area contributed by atoms with Crippen molar-refractivity contribution in [3.8, 4) is 17.1 Å². The molecule has 0 aliphatic carbocycles. The van der Waals surface area contributed by atoms with Crippen LogP contribution < -0.4 is 4.74 Å². The highest BCUT2D eigenvalue weighted by atomic mass is 16.5. The maximum absolute atomic E-state index is 10.9. The summed E-state index contributed by atoms with van der Waals surface area (Å²) in [5.74, 6) is -0.180. The largest absolute Gasteiger partial charge is 0.481 e. The van der Waals surface area contributed by atoms with Crippen LogP contribution in [0.5, 0.6) is 5.88 Å². The average molecular weight is 322 g/mol. The molecule has 2 aromatic heterocycles. The Labute approximate surface area is 139 Å². The molecule has 3 aromatic rings. The molecule has 0 saturated carbocycles. The molecule has 3 heterocycles. The van der Waals surface area contributed by atoms with Gasteiger partial charge in [-0.05, 0) is 24.5 Å². The van der Waals surface area contributed by atoms with Crippen LogP contribution in [0.3, 0.4) is 0 Å². The van der Waals surface area contributed by atoms with E-state index in [9.17, 15) is 4.79 Å². The second-order valence-corrected chi connectivity index (χ2v) is 6.04. The quantitative estimate of drug-likeness (QED) is 0.611. The predicted octanol–water partition coefficient (Wildman–Crippen LogP) is 3.48. The number of pyridine rings is 1. The van der Waals surface area contributed by atoms with Crippen molar-refractivity contribution >= 4 is 17.0 Å². The number of fused-ring (bicyclic) bond motifs is 5. The van der Waals surface area contributed by atoms with E-state index >= 15 is 0 Å². The van der Waals surface area contributed by atoms with Crippen LogP contribution in [0.2, 0.25) is 0 Å². The van der Waals surface area contributed by atoms with Gasteiger partial charge in [-0.3, -0.25) is 4.79 Å². The molecule has 5 nitrogen and oxygen atoms in total. The molecule has 1 N–H and O–H groups in total. The molecule has 4 rings (SSSR count). The monoisotopic (exact) mass is 322 g/mol. The van der Waals surface area contributed by atoms with E-state index in [1.54, 1.807) is 7.11 Å². The topological polar surface area (TPSA) is 64.3 Å². The van der Waals surface area contributed by atoms with Gasteiger partial charge >= 0.3 is 5.97 Å². The van der Waals surface area contributed by atoms with E-state index in [4.69, 9.17) is 9.84 Å². The van der Waals surface area contributed by atoms with E-state index in [2.05, 4.69) is 27.8 Å². The van der Waals surface area contributed by atoms with E-state index in [0.29, 0.717) is 18.7 Å². The number of benzene rings is 1. The number of hydrogen-bond acceptors (Lipinski definition) is 3. The van der Waals surface area contributed by atoms with Crippen molar-refractivity contribution in [2.75, 3.05) is 7.11 Å². The summed E-state index contributed by atoms with van der Waals surface area (Å²) in [6.07, 6.45) is 1.46. The summed E-state index contributed by atoms with van der Waals surface area (Å²) in [6.45, 7) is 0.828. The van der Waals surface area contributed by atoms with Gasteiger partial charge in [0.2, 0.25) is 5.88 Å². The summed E-state index contributed by atoms with van der Waals surface area (Å²) in [5, 5.41) is 8.95. The van der Waals surface area contributed by atoms with Gasteiger partial charge in [0, 0.05) is 30.2 Å². The fraction of sp³-hybridized carbons (Fsp3) is 0.263. The first kappa shape index (κ1) is 14.8. The number of aryl methyl sites for hydroxylation is 1. The average Bonchev–Trinajstić information content (AvgIpc) is 3.10. The van der Waals surface area contributed by atoms with E-state index in [-0.39, 0.29) is 6.42 Å². The van der Waals surface area contributed by atoms with E-state index in [1.165, 1.54) is 16.8 Å². The minimum atomic E-state index is -0.763. The minimum absolute atomic E-state index is 0.164. The number of ether oxygens (including phenoxy) is 1. The van der Waals surface area contributed by atoms with Gasteiger partial charge in [-0.2, -0.15) is 0 Å². The van der Waals surface area contributed by atoms with E-state index < -0.39 is 5.97 Å². The van der Waals surface area contributed by atoms with Gasteiger partial charge in [0.15, 0.2) is 0 Å². The summed E-state index contributed by atoms with van der Waals surface area (Å²) in [5.41, 5.74) is 6.81. The third kappa shape index (κ3) is 2.24. The van der Waals surface area contributed by atoms with Crippen LogP contribution >= 0.6 is 0 Å². The van der Waals surface area contributed by atoms with Crippen LogP contribution in [-0.2, 0) is 17.8 Å². The van der Waals surface area contributed by atoms with Gasteiger partial charge in [-0.15, -0.1) is 0 Å². The molecule has 0 saturated heterocycles. The molecule has 122 valence electrons. The fourth-order valence-corrected chi connectivity index (χ4v) is 3.57. The molecular weight excluding hydrogens is 304 g/mol. The molecule has 0 atom stereocenters. The molecule has 5 heteroatoms. The number of methoxy groups -OCH3 is 1. The van der Waals surface area contributed by atoms with Crippen molar-refractivity contribution in [1.82, 2.24) is 9.55 Å². The molecular formula is C19H18N2O3. The summed E-state index contributed by atoms with van der Waals surface area (Å²) >= 11 is 0. The Bertz CT molecular complexity index is 943. The molecule has 24 heavy (non-hydrogen) atoms. The van der Waals surface area contributed by atoms with Crippen LogP contribution in [0.4, 0.5) is 0 Å². The zero-order valence-electron chi connectivity index (χ0n) is 13.5. The van der Waals surface area contributed by atoms with Crippen LogP contribution in [0.15, 0.2) is 36.4 Å². The molecule has 1 aromatic carbocycles. The third-order valence-corrected chi connectivity index (χ3v) is 4.61. The standard InChI is InChI=1S/C19H18N2O3/c1-24-16-10-9-15-18(20-16)14(7-4-8-17(22)23)19-13-6-3-2-5-12(13)11-21(15)19/h2-3,5-6,9-10H,4,7-8,11H2,1H3,(H,22,23). The van der Waals surface area contributed by atoms with Crippen LogP contribution in [-0.4, -0.2) is 27.7 Å². The van der Waals surface area contributed by atoms with Gasteiger partial charge in [-0.25, -0.2) is 4.98 Å². The second-order valence-electron chi connectivity index (χ2n) is 6.04. The molecule has 0 amide bonds. The van der Waals surface area contributed by atoms with Crippen molar-refractivity contribution in [3.63, 3.8) is 0 Å². The number of carboxylic acids is 1. The van der Waals surface area contributed by atoms with Gasteiger partial charge in [0.25, 0.3) is 0 Å². The molecule has 0 radical (unpaired) electrons. The maximum Gasteiger partial charge on any atom is 0.303 e. The van der Waals surface area contributed by atoms with E-state index in [0.717, 1.165) is 23.1 Å². The Balaban J connectivity index is 1.89. The van der Waals surface area contributed by atoms with Crippen LogP contribution in [0.25, 0.3) is 22.3 Å². The zero-order chi connectivity index (χ0) is 16.7. The van der Waals surface area contributed by atoms with Crippen molar-refractivity contribution in [2.45, 2.75) is 25.8 Å². The molecule has 0 fully saturated rings. The summed E-state index contributed by atoms with van der Waals surface area (Å²) in [4.78, 5) is 15.5. The van der Waals surface area contributed by atoms with Crippen LogP contribution in [0, 0.1) is 0 Å². The van der Waals surface area contributed by atoms with E-state index in [1.807, 2.05) is 18.2 Å². The molecule has 0 bridgehead atoms. The Morgan fingerprint density at radius 3 is 2.92 bits per heavy atom. The SMILES string of the molecule is COc1ccc2c(n1)c(CCCC(=O)O)c1n2Cc2ccccc2-1. The van der Waals surface area contributed by atoms with Crippen LogP contribution in [0.1, 0.15) is 24.0 Å². The Morgan fingerprint density at radius 1 is 1.29 bits per heavy atom. The molecule has 0 spiro atoms. The Hall–Kier alpha value is -2.82. The number of rotatable bonds is 5. The normalized spacial score (nSPS) is 12.2. The second kappa shape index (κ2) is 5.67. The first-order valence-corrected chi connectivity index (χ1v) is 8.05. The van der Waals surface area contributed by atoms with Crippen molar-refractivity contribution in [2.24, 2.45) is 0 Å². The highest BCUT2D eigenvalue weighted by molar-refractivity contribution is 5.92. The first-order chi connectivity index (χ1) is 11.7. The number of carboxylic acid groups (broad SMARTS) is 1. The number of aliphatic carboxylic acids is 1. The number of hydrogen-bond donors (Lipinski definition) is 1. The molecule has 1 aliphatic heterocycles. The van der Waals surface area contributed by atoms with Crippen molar-refractivity contribution in [3.05, 3.63) is 47.5 Å². The number of carbonyl (C=O) groups is 1. The lowest BCUT2D eigenvalue weighted by Gasteiger charge is -2.05. The Morgan fingerprint density at radius 2 is 2.12 bits per heavy atom. The van der Waals surface area contributed by atoms with Crippen molar-refractivity contribution in [1.29, 1.82) is 0 Å². The Kier molecular flexibility index (Phi) is 3.49. The zero-order valence-corrected chi connectivity index (χ0v) is 13.5. The highest BCUT2D eigenvalue weighted by Gasteiger charge is 2.26. The van der Waals surface area contributed by atoms with Gasteiger partial charge in [0.1, 0.15) is 0 Å².